The largest absolute Gasteiger partial charge is 0.481 e. The van der Waals surface area contributed by atoms with Crippen molar-refractivity contribution in [2.24, 2.45) is 0 Å². The van der Waals surface area contributed by atoms with Crippen LogP contribution in [0, 0.1) is 0 Å². The van der Waals surface area contributed by atoms with E-state index in [0.717, 1.165) is 0 Å². The lowest BCUT2D eigenvalue weighted by molar-refractivity contribution is -0.137. The number of carboxylic acid groups (broad SMARTS) is 1. The van der Waals surface area contributed by atoms with Crippen LogP contribution in [-0.4, -0.2) is 27.3 Å². The molecule has 82 valence electrons. The summed E-state index contributed by atoms with van der Waals surface area (Å²) in [6, 6.07) is 3.13. The third-order valence-electron chi connectivity index (χ3n) is 1.90. The van der Waals surface area contributed by atoms with Crippen molar-refractivity contribution in [1.82, 2.24) is 10.2 Å². The molecule has 5 nitrogen and oxygen atoms in total. The zero-order valence-corrected chi connectivity index (χ0v) is 9.03. The van der Waals surface area contributed by atoms with Crippen molar-refractivity contribution in [3.05, 3.63) is 17.3 Å². The highest BCUT2D eigenvalue weighted by atomic mass is 35.5. The van der Waals surface area contributed by atoms with Gasteiger partial charge in [0.05, 0.1) is 6.42 Å². The summed E-state index contributed by atoms with van der Waals surface area (Å²) in [6.07, 6.45) is 0.761. The highest BCUT2D eigenvalue weighted by Crippen LogP contribution is 2.10. The van der Waals surface area contributed by atoms with Gasteiger partial charge in [0, 0.05) is 6.04 Å². The van der Waals surface area contributed by atoms with Gasteiger partial charge in [-0.2, -0.15) is 0 Å². The van der Waals surface area contributed by atoms with Crippen LogP contribution in [0.2, 0.25) is 5.15 Å². The van der Waals surface area contributed by atoms with Crippen molar-refractivity contribution in [2.75, 3.05) is 5.32 Å². The van der Waals surface area contributed by atoms with Crippen LogP contribution >= 0.6 is 11.6 Å². The Bertz CT molecular complexity index is 329. The molecule has 0 aromatic carbocycles. The van der Waals surface area contributed by atoms with Crippen molar-refractivity contribution in [2.45, 2.75) is 25.8 Å². The van der Waals surface area contributed by atoms with Gasteiger partial charge < -0.3 is 10.4 Å². The molecule has 6 heteroatoms. The van der Waals surface area contributed by atoms with Crippen LogP contribution in [0.25, 0.3) is 0 Å². The van der Waals surface area contributed by atoms with Gasteiger partial charge in [0.2, 0.25) is 0 Å². The van der Waals surface area contributed by atoms with Crippen molar-refractivity contribution in [3.8, 4) is 0 Å². The maximum absolute atomic E-state index is 10.5. The number of rotatable bonds is 5. The number of anilines is 1. The number of halogens is 1. The van der Waals surface area contributed by atoms with Gasteiger partial charge in [-0.1, -0.05) is 18.5 Å². The van der Waals surface area contributed by atoms with Crippen LogP contribution in [-0.2, 0) is 4.79 Å². The SMILES string of the molecule is CCC(CC(=O)O)Nc1ccc(Cl)nn1. The summed E-state index contributed by atoms with van der Waals surface area (Å²) in [6.45, 7) is 1.91. The summed E-state index contributed by atoms with van der Waals surface area (Å²) in [7, 11) is 0. The number of aliphatic carboxylic acids is 1. The molecule has 0 aliphatic heterocycles. The molecule has 0 aliphatic rings. The zero-order valence-electron chi connectivity index (χ0n) is 8.27. The van der Waals surface area contributed by atoms with E-state index < -0.39 is 5.97 Å². The lowest BCUT2D eigenvalue weighted by Crippen LogP contribution is -2.22. The van der Waals surface area contributed by atoms with Crippen molar-refractivity contribution < 1.29 is 9.90 Å². The Kier molecular flexibility index (Phi) is 4.30. The topological polar surface area (TPSA) is 75.1 Å². The third-order valence-corrected chi connectivity index (χ3v) is 2.10. The highest BCUT2D eigenvalue weighted by molar-refractivity contribution is 6.29. The summed E-state index contributed by atoms with van der Waals surface area (Å²) in [5.74, 6) is -0.302. The molecular weight excluding hydrogens is 218 g/mol. The average Bonchev–Trinajstić information content (AvgIpc) is 2.19. The van der Waals surface area contributed by atoms with E-state index in [2.05, 4.69) is 15.5 Å². The van der Waals surface area contributed by atoms with Crippen LogP contribution in [0.15, 0.2) is 12.1 Å². The van der Waals surface area contributed by atoms with Gasteiger partial charge in [0.1, 0.15) is 5.82 Å². The summed E-state index contributed by atoms with van der Waals surface area (Å²) in [4.78, 5) is 10.5. The second-order valence-corrected chi connectivity index (χ2v) is 3.48. The fourth-order valence-electron chi connectivity index (χ4n) is 1.11. The Labute approximate surface area is 92.5 Å². The highest BCUT2D eigenvalue weighted by Gasteiger charge is 2.11. The molecule has 2 N–H and O–H groups in total. The summed E-state index contributed by atoms with van der Waals surface area (Å²) in [5.41, 5.74) is 0. The summed E-state index contributed by atoms with van der Waals surface area (Å²) < 4.78 is 0. The van der Waals surface area contributed by atoms with Gasteiger partial charge in [0.15, 0.2) is 5.15 Å². The molecule has 0 amide bonds. The van der Waals surface area contributed by atoms with E-state index in [0.29, 0.717) is 17.4 Å². The Balaban J connectivity index is 2.58. The maximum Gasteiger partial charge on any atom is 0.305 e. The van der Waals surface area contributed by atoms with E-state index >= 15 is 0 Å². The Morgan fingerprint density at radius 3 is 2.80 bits per heavy atom. The molecule has 0 aliphatic carbocycles. The lowest BCUT2D eigenvalue weighted by atomic mass is 10.1. The number of carbonyl (C=O) groups is 1. The van der Waals surface area contributed by atoms with E-state index in [1.807, 2.05) is 6.92 Å². The lowest BCUT2D eigenvalue weighted by Gasteiger charge is -2.14. The van der Waals surface area contributed by atoms with Crippen molar-refractivity contribution >= 4 is 23.4 Å². The fraction of sp³-hybridized carbons (Fsp3) is 0.444. The molecule has 0 bridgehead atoms. The van der Waals surface area contributed by atoms with Crippen LogP contribution in [0.3, 0.4) is 0 Å². The molecular formula is C9H12ClN3O2. The second-order valence-electron chi connectivity index (χ2n) is 3.09. The fourth-order valence-corrected chi connectivity index (χ4v) is 1.21. The number of carboxylic acids is 1. The Morgan fingerprint density at radius 1 is 1.60 bits per heavy atom. The van der Waals surface area contributed by atoms with Crippen LogP contribution < -0.4 is 5.32 Å². The van der Waals surface area contributed by atoms with E-state index in [1.165, 1.54) is 0 Å². The predicted octanol–water partition coefficient (Wildman–Crippen LogP) is 1.80. The molecule has 1 unspecified atom stereocenters. The van der Waals surface area contributed by atoms with Crippen molar-refractivity contribution in [3.63, 3.8) is 0 Å². The second kappa shape index (κ2) is 5.50. The molecule has 0 spiro atoms. The predicted molar refractivity (Wildman–Crippen MR) is 57.0 cm³/mol. The molecule has 0 radical (unpaired) electrons. The van der Waals surface area contributed by atoms with E-state index in [4.69, 9.17) is 16.7 Å². The quantitative estimate of drug-likeness (QED) is 0.805. The number of hydrogen-bond donors (Lipinski definition) is 2. The first kappa shape index (κ1) is 11.7. The molecule has 1 rings (SSSR count). The third kappa shape index (κ3) is 4.12. The van der Waals surface area contributed by atoms with E-state index in [1.54, 1.807) is 12.1 Å². The number of aromatic nitrogens is 2. The van der Waals surface area contributed by atoms with Gasteiger partial charge in [-0.15, -0.1) is 10.2 Å². The zero-order chi connectivity index (χ0) is 11.3. The minimum Gasteiger partial charge on any atom is -0.481 e. The standard InChI is InChI=1S/C9H12ClN3O2/c1-2-6(5-9(14)15)11-8-4-3-7(10)12-13-8/h3-4,6H,2,5H2,1H3,(H,11,13)(H,14,15). The normalized spacial score (nSPS) is 12.1. The van der Waals surface area contributed by atoms with Crippen molar-refractivity contribution in [1.29, 1.82) is 0 Å². The van der Waals surface area contributed by atoms with Gasteiger partial charge >= 0.3 is 5.97 Å². The Morgan fingerprint density at radius 2 is 2.33 bits per heavy atom. The molecule has 15 heavy (non-hydrogen) atoms. The molecule has 1 atom stereocenters. The number of hydrogen-bond acceptors (Lipinski definition) is 4. The van der Waals surface area contributed by atoms with Gasteiger partial charge in [-0.3, -0.25) is 4.79 Å². The molecule has 0 saturated carbocycles. The number of nitrogens with one attached hydrogen (secondary N) is 1. The maximum atomic E-state index is 10.5. The van der Waals surface area contributed by atoms with E-state index in [9.17, 15) is 4.79 Å². The number of nitrogens with zero attached hydrogens (tertiary/aromatic N) is 2. The first-order valence-corrected chi connectivity index (χ1v) is 4.97. The molecule has 0 fully saturated rings. The minimum atomic E-state index is -0.837. The smallest absolute Gasteiger partial charge is 0.305 e. The molecule has 1 heterocycles. The van der Waals surface area contributed by atoms with Gasteiger partial charge in [-0.05, 0) is 18.6 Å². The summed E-state index contributed by atoms with van der Waals surface area (Å²) in [5, 5.41) is 19.4. The van der Waals surface area contributed by atoms with E-state index in [-0.39, 0.29) is 12.5 Å². The van der Waals surface area contributed by atoms with Crippen LogP contribution in [0.5, 0.6) is 0 Å². The van der Waals surface area contributed by atoms with Gasteiger partial charge in [-0.25, -0.2) is 0 Å². The summed E-state index contributed by atoms with van der Waals surface area (Å²) >= 11 is 5.57. The van der Waals surface area contributed by atoms with Crippen LogP contribution in [0.4, 0.5) is 5.82 Å². The monoisotopic (exact) mass is 229 g/mol. The van der Waals surface area contributed by atoms with Crippen LogP contribution in [0.1, 0.15) is 19.8 Å². The Hall–Kier alpha value is -1.36. The van der Waals surface area contributed by atoms with Gasteiger partial charge in [0.25, 0.3) is 0 Å². The average molecular weight is 230 g/mol. The molecule has 0 saturated heterocycles. The molecule has 1 aromatic rings. The first-order valence-electron chi connectivity index (χ1n) is 4.59. The first-order chi connectivity index (χ1) is 7.11. The minimum absolute atomic E-state index is 0.0564. The molecule has 1 aromatic heterocycles.